The van der Waals surface area contributed by atoms with Crippen molar-refractivity contribution in [3.8, 4) is 0 Å². The van der Waals surface area contributed by atoms with Gasteiger partial charge in [0, 0.05) is 0 Å². The molecule has 0 amide bonds. The van der Waals surface area contributed by atoms with Crippen LogP contribution in [0.4, 0.5) is 0 Å². The lowest BCUT2D eigenvalue weighted by molar-refractivity contribution is 0.0416. The maximum absolute atomic E-state index is 12.2. The van der Waals surface area contributed by atoms with Gasteiger partial charge in [-0.1, -0.05) is 17.7 Å². The maximum atomic E-state index is 12.2. The van der Waals surface area contributed by atoms with Gasteiger partial charge in [-0.3, -0.25) is 0 Å². The normalized spacial score (nSPS) is 16.3. The monoisotopic (exact) mass is 303 g/mol. The number of halogens is 1. The van der Waals surface area contributed by atoms with Crippen molar-refractivity contribution in [1.29, 1.82) is 0 Å². The molecule has 0 aliphatic carbocycles. The van der Waals surface area contributed by atoms with Crippen LogP contribution in [0.25, 0.3) is 0 Å². The Bertz CT molecular complexity index is 541. The lowest BCUT2D eigenvalue weighted by atomic mass is 10.1. The molecule has 2 N–H and O–H groups in total. The van der Waals surface area contributed by atoms with Gasteiger partial charge < -0.3 is 10.5 Å². The van der Waals surface area contributed by atoms with Gasteiger partial charge in [-0.25, -0.2) is 8.42 Å². The van der Waals surface area contributed by atoms with Crippen LogP contribution in [0.15, 0.2) is 23.1 Å². The topological polar surface area (TPSA) is 69.4 Å². The number of ether oxygens (including phenoxy) is 1. The van der Waals surface area contributed by atoms with Gasteiger partial charge >= 0.3 is 0 Å². The molecule has 1 aliphatic rings. The Balaban J connectivity index is 2.15. The van der Waals surface area contributed by atoms with Crippen LogP contribution >= 0.6 is 11.6 Å². The van der Waals surface area contributed by atoms with E-state index in [4.69, 9.17) is 22.1 Å². The molecule has 1 aliphatic heterocycles. The molecule has 0 bridgehead atoms. The zero-order chi connectivity index (χ0) is 13.9. The summed E-state index contributed by atoms with van der Waals surface area (Å²) in [5, 5.41) is -0.148. The number of hydrogen-bond acceptors (Lipinski definition) is 4. The van der Waals surface area contributed by atoms with Crippen molar-refractivity contribution in [2.45, 2.75) is 29.4 Å². The van der Waals surface area contributed by atoms with E-state index in [1.807, 2.05) is 6.07 Å². The Kier molecular flexibility index (Phi) is 4.84. The quantitative estimate of drug-likeness (QED) is 0.814. The Hall–Kier alpha value is -0.620. The second-order valence-electron chi connectivity index (χ2n) is 4.72. The fraction of sp³-hybridized carbons (Fsp3) is 0.538. The van der Waals surface area contributed by atoms with Crippen molar-refractivity contribution in [2.75, 3.05) is 19.8 Å². The minimum Gasteiger partial charge on any atom is -0.379 e. The van der Waals surface area contributed by atoms with E-state index in [0.29, 0.717) is 11.6 Å². The molecular weight excluding hydrogens is 286 g/mol. The van der Waals surface area contributed by atoms with Crippen molar-refractivity contribution < 1.29 is 13.2 Å². The highest BCUT2D eigenvalue weighted by Crippen LogP contribution is 2.29. The van der Waals surface area contributed by atoms with Gasteiger partial charge in [0.15, 0.2) is 9.84 Å². The van der Waals surface area contributed by atoms with Gasteiger partial charge in [0.2, 0.25) is 0 Å². The molecular formula is C13H18ClNO3S. The van der Waals surface area contributed by atoms with E-state index in [9.17, 15) is 8.42 Å². The van der Waals surface area contributed by atoms with Crippen LogP contribution in [0, 0.1) is 0 Å². The van der Waals surface area contributed by atoms with Crippen LogP contribution in [-0.4, -0.2) is 33.4 Å². The van der Waals surface area contributed by atoms with Gasteiger partial charge in [-0.15, -0.1) is 0 Å². The fourth-order valence-corrected chi connectivity index (χ4v) is 4.00. The molecule has 1 heterocycles. The largest absolute Gasteiger partial charge is 0.379 e. The van der Waals surface area contributed by atoms with Gasteiger partial charge in [0.05, 0.1) is 23.1 Å². The Morgan fingerprint density at radius 1 is 1.32 bits per heavy atom. The zero-order valence-corrected chi connectivity index (χ0v) is 12.2. The maximum Gasteiger partial charge on any atom is 0.187 e. The number of unbranched alkanes of at least 4 members (excludes halogenated alkanes) is 1. The summed E-state index contributed by atoms with van der Waals surface area (Å²) in [6.45, 7) is 1.19. The average molecular weight is 304 g/mol. The number of hydrogen-bond donors (Lipinski definition) is 1. The number of aryl methyl sites for hydroxylation is 1. The Labute approximate surface area is 118 Å². The summed E-state index contributed by atoms with van der Waals surface area (Å²) in [5.41, 5.74) is 6.49. The SMILES string of the molecule is NCCCCc1ccc(S(=O)(=O)C2COC2)c(Cl)c1. The lowest BCUT2D eigenvalue weighted by Crippen LogP contribution is -2.40. The van der Waals surface area contributed by atoms with Crippen molar-refractivity contribution in [3.63, 3.8) is 0 Å². The first-order valence-corrected chi connectivity index (χ1v) is 8.28. The molecule has 0 unspecified atom stereocenters. The molecule has 19 heavy (non-hydrogen) atoms. The lowest BCUT2D eigenvalue weighted by Gasteiger charge is -2.26. The third kappa shape index (κ3) is 3.28. The fourth-order valence-electron chi connectivity index (χ4n) is 1.98. The van der Waals surface area contributed by atoms with Crippen LogP contribution in [0.2, 0.25) is 5.02 Å². The van der Waals surface area contributed by atoms with E-state index < -0.39 is 15.1 Å². The molecule has 0 aromatic heterocycles. The van der Waals surface area contributed by atoms with Crippen molar-refractivity contribution in [2.24, 2.45) is 5.73 Å². The highest BCUT2D eigenvalue weighted by atomic mass is 35.5. The first-order valence-electron chi connectivity index (χ1n) is 6.36. The number of benzene rings is 1. The Morgan fingerprint density at radius 2 is 2.05 bits per heavy atom. The van der Waals surface area contributed by atoms with E-state index >= 15 is 0 Å². The zero-order valence-electron chi connectivity index (χ0n) is 10.6. The van der Waals surface area contributed by atoms with Crippen LogP contribution in [0.5, 0.6) is 0 Å². The third-order valence-corrected chi connectivity index (χ3v) is 5.81. The number of rotatable bonds is 6. The van der Waals surface area contributed by atoms with Crippen LogP contribution < -0.4 is 5.73 Å². The smallest absolute Gasteiger partial charge is 0.187 e. The van der Waals surface area contributed by atoms with Crippen molar-refractivity contribution in [1.82, 2.24) is 0 Å². The summed E-state index contributed by atoms with van der Waals surface area (Å²) in [4.78, 5) is 0.213. The molecule has 1 aromatic carbocycles. The molecule has 1 saturated heterocycles. The van der Waals surface area contributed by atoms with Gasteiger partial charge in [0.1, 0.15) is 5.25 Å². The van der Waals surface area contributed by atoms with E-state index in [1.54, 1.807) is 12.1 Å². The van der Waals surface area contributed by atoms with E-state index in [2.05, 4.69) is 0 Å². The highest BCUT2D eigenvalue weighted by molar-refractivity contribution is 7.92. The van der Waals surface area contributed by atoms with Gasteiger partial charge in [-0.05, 0) is 43.5 Å². The first-order chi connectivity index (χ1) is 9.05. The summed E-state index contributed by atoms with van der Waals surface area (Å²) in [7, 11) is -3.35. The molecule has 0 atom stereocenters. The summed E-state index contributed by atoms with van der Waals surface area (Å²) >= 11 is 6.11. The van der Waals surface area contributed by atoms with Crippen LogP contribution in [0.3, 0.4) is 0 Å². The summed E-state index contributed by atoms with van der Waals surface area (Å²) < 4.78 is 29.4. The summed E-state index contributed by atoms with van der Waals surface area (Å²) in [6, 6.07) is 5.17. The molecule has 0 saturated carbocycles. The molecule has 0 radical (unpaired) electrons. The summed E-state index contributed by atoms with van der Waals surface area (Å²) in [5.74, 6) is 0. The molecule has 0 spiro atoms. The minimum absolute atomic E-state index is 0.213. The van der Waals surface area contributed by atoms with Crippen molar-refractivity contribution >= 4 is 21.4 Å². The van der Waals surface area contributed by atoms with Gasteiger partial charge in [0.25, 0.3) is 0 Å². The number of nitrogens with two attached hydrogens (primary N) is 1. The van der Waals surface area contributed by atoms with Crippen LogP contribution in [0.1, 0.15) is 18.4 Å². The predicted molar refractivity (Wildman–Crippen MR) is 75.2 cm³/mol. The standard InChI is InChI=1S/C13H18ClNO3S/c14-12-7-10(3-1-2-6-15)4-5-13(12)19(16,17)11-8-18-9-11/h4-5,7,11H,1-3,6,8-9,15H2. The second-order valence-corrected chi connectivity index (χ2v) is 7.32. The van der Waals surface area contributed by atoms with Gasteiger partial charge in [-0.2, -0.15) is 0 Å². The van der Waals surface area contributed by atoms with Crippen molar-refractivity contribution in [3.05, 3.63) is 28.8 Å². The predicted octanol–water partition coefficient (Wildman–Crippen LogP) is 1.79. The van der Waals surface area contributed by atoms with E-state index in [1.165, 1.54) is 0 Å². The first kappa shape index (κ1) is 14.8. The molecule has 106 valence electrons. The average Bonchev–Trinajstić information content (AvgIpc) is 2.26. The Morgan fingerprint density at radius 3 is 2.58 bits per heavy atom. The molecule has 2 rings (SSSR count). The van der Waals surface area contributed by atoms with E-state index in [0.717, 1.165) is 24.8 Å². The third-order valence-electron chi connectivity index (χ3n) is 3.27. The molecule has 4 nitrogen and oxygen atoms in total. The number of sulfone groups is 1. The molecule has 6 heteroatoms. The molecule has 1 aromatic rings. The highest BCUT2D eigenvalue weighted by Gasteiger charge is 2.35. The second kappa shape index (κ2) is 6.22. The van der Waals surface area contributed by atoms with E-state index in [-0.39, 0.29) is 18.1 Å². The minimum atomic E-state index is -3.35. The van der Waals surface area contributed by atoms with Crippen LogP contribution in [-0.2, 0) is 21.0 Å². The molecule has 1 fully saturated rings. The summed E-state index contributed by atoms with van der Waals surface area (Å²) in [6.07, 6.45) is 2.80.